The van der Waals surface area contributed by atoms with Crippen LogP contribution in [0.4, 0.5) is 0 Å². The summed E-state index contributed by atoms with van der Waals surface area (Å²) in [7, 11) is 0. The zero-order valence-electron chi connectivity index (χ0n) is 13.8. The third kappa shape index (κ3) is 4.58. The Bertz CT molecular complexity index is 837. The van der Waals surface area contributed by atoms with Crippen molar-refractivity contribution < 1.29 is 9.63 Å². The van der Waals surface area contributed by atoms with Crippen molar-refractivity contribution in [3.8, 4) is 16.9 Å². The van der Waals surface area contributed by atoms with Gasteiger partial charge < -0.3 is 4.84 Å². The molecule has 3 aromatic rings. The number of hydrogen-bond acceptors (Lipinski definition) is 2. The molecular weight excluding hydrogens is 310 g/mol. The number of carbonyl (C=O) groups excluding carboxylic acids is 1. The van der Waals surface area contributed by atoms with E-state index in [4.69, 9.17) is 4.84 Å². The molecule has 3 aromatic carbocycles. The Morgan fingerprint density at radius 3 is 2.00 bits per heavy atom. The maximum atomic E-state index is 11.1. The van der Waals surface area contributed by atoms with Crippen molar-refractivity contribution in [2.75, 3.05) is 0 Å². The lowest BCUT2D eigenvalue weighted by Gasteiger charge is -2.07. The summed E-state index contributed by atoms with van der Waals surface area (Å²) in [4.78, 5) is 16.2. The molecule has 0 radical (unpaired) electrons. The Morgan fingerprint density at radius 1 is 0.840 bits per heavy atom. The molecule has 0 spiro atoms. The van der Waals surface area contributed by atoms with Gasteiger partial charge in [-0.25, -0.2) is 0 Å². The van der Waals surface area contributed by atoms with Crippen LogP contribution < -0.4 is 10.3 Å². The highest BCUT2D eigenvalue weighted by Crippen LogP contribution is 2.23. The molecule has 1 amide bonds. The second kappa shape index (κ2) is 7.97. The number of nitrogens with one attached hydrogen (secondary N) is 1. The lowest BCUT2D eigenvalue weighted by atomic mass is 10.0. The summed E-state index contributed by atoms with van der Waals surface area (Å²) in [6, 6.07) is 26.5. The normalized spacial score (nSPS) is 10.1. The smallest absolute Gasteiger partial charge is 0.276 e. The van der Waals surface area contributed by atoms with Crippen molar-refractivity contribution in [2.45, 2.75) is 6.42 Å². The number of hydrogen-bond donors (Lipinski definition) is 1. The fraction of sp³-hybridized carbons (Fsp3) is 0.0455. The molecule has 3 nitrogen and oxygen atoms in total. The highest BCUT2D eigenvalue weighted by Gasteiger charge is 2.02. The quantitative estimate of drug-likeness (QED) is 0.532. The van der Waals surface area contributed by atoms with Gasteiger partial charge in [0.05, 0.1) is 0 Å². The van der Waals surface area contributed by atoms with Crippen LogP contribution in [0.3, 0.4) is 0 Å². The average molecular weight is 329 g/mol. The first-order valence-electron chi connectivity index (χ1n) is 8.07. The third-order valence-corrected chi connectivity index (χ3v) is 3.85. The highest BCUT2D eigenvalue weighted by molar-refractivity contribution is 5.86. The van der Waals surface area contributed by atoms with Crippen LogP contribution in [0.15, 0.2) is 91.5 Å². The van der Waals surface area contributed by atoms with Crippen LogP contribution in [0.25, 0.3) is 11.1 Å². The molecule has 0 saturated carbocycles. The van der Waals surface area contributed by atoms with E-state index in [9.17, 15) is 4.79 Å². The van der Waals surface area contributed by atoms with E-state index in [-0.39, 0.29) is 5.91 Å². The maximum absolute atomic E-state index is 11.1. The molecule has 3 rings (SSSR count). The molecule has 0 aliphatic carbocycles. The topological polar surface area (TPSA) is 38.3 Å². The number of carbonyl (C=O) groups is 1. The lowest BCUT2D eigenvalue weighted by Crippen LogP contribution is -2.24. The van der Waals surface area contributed by atoms with Gasteiger partial charge in [-0.15, -0.1) is 0 Å². The van der Waals surface area contributed by atoms with Crippen LogP contribution in [0.2, 0.25) is 0 Å². The highest BCUT2D eigenvalue weighted by atomic mass is 16.7. The van der Waals surface area contributed by atoms with Crippen LogP contribution in [0, 0.1) is 0 Å². The second-order valence-corrected chi connectivity index (χ2v) is 5.66. The molecule has 25 heavy (non-hydrogen) atoms. The number of benzene rings is 3. The van der Waals surface area contributed by atoms with Crippen LogP contribution in [0.1, 0.15) is 11.1 Å². The molecular formula is C22H19NO2. The molecule has 0 aliphatic heterocycles. The van der Waals surface area contributed by atoms with E-state index in [0.717, 1.165) is 23.6 Å². The van der Waals surface area contributed by atoms with E-state index in [0.29, 0.717) is 5.75 Å². The van der Waals surface area contributed by atoms with E-state index < -0.39 is 0 Å². The lowest BCUT2D eigenvalue weighted by molar-refractivity contribution is -0.122. The Balaban J connectivity index is 1.65. The Hall–Kier alpha value is -3.33. The van der Waals surface area contributed by atoms with Gasteiger partial charge in [0.15, 0.2) is 5.75 Å². The first-order chi connectivity index (χ1) is 12.2. The van der Waals surface area contributed by atoms with E-state index in [1.165, 1.54) is 11.1 Å². The van der Waals surface area contributed by atoms with Gasteiger partial charge >= 0.3 is 0 Å². The van der Waals surface area contributed by atoms with Crippen molar-refractivity contribution in [2.24, 2.45) is 0 Å². The van der Waals surface area contributed by atoms with Gasteiger partial charge in [0.2, 0.25) is 0 Å². The third-order valence-electron chi connectivity index (χ3n) is 3.85. The van der Waals surface area contributed by atoms with Crippen molar-refractivity contribution in [1.29, 1.82) is 0 Å². The second-order valence-electron chi connectivity index (χ2n) is 5.66. The fourth-order valence-electron chi connectivity index (χ4n) is 2.51. The summed E-state index contributed by atoms with van der Waals surface area (Å²) in [5.74, 6) is 0.192. The van der Waals surface area contributed by atoms with Gasteiger partial charge in [-0.1, -0.05) is 73.3 Å². The van der Waals surface area contributed by atoms with Crippen molar-refractivity contribution >= 4 is 5.91 Å². The maximum Gasteiger partial charge on any atom is 0.276 e. The Labute approximate surface area is 147 Å². The van der Waals surface area contributed by atoms with E-state index in [1.807, 2.05) is 30.3 Å². The van der Waals surface area contributed by atoms with Gasteiger partial charge in [0, 0.05) is 0 Å². The Kier molecular flexibility index (Phi) is 5.27. The first-order valence-corrected chi connectivity index (χ1v) is 8.07. The van der Waals surface area contributed by atoms with Gasteiger partial charge in [-0.3, -0.25) is 4.79 Å². The van der Waals surface area contributed by atoms with Crippen LogP contribution in [-0.4, -0.2) is 5.91 Å². The monoisotopic (exact) mass is 329 g/mol. The minimum atomic E-state index is -0.377. The summed E-state index contributed by atoms with van der Waals surface area (Å²) in [6.45, 7) is 3.37. The first kappa shape index (κ1) is 16.5. The standard InChI is InChI=1S/C22H19NO2/c1-2-22(24)23-25-21-14-12-20(13-15-21)19-10-8-18(9-11-19)16-17-6-4-3-5-7-17/h2-15H,1,16H2,(H,23,24). The molecule has 0 fully saturated rings. The van der Waals surface area contributed by atoms with Gasteiger partial charge in [0.1, 0.15) is 0 Å². The number of hydroxylamine groups is 1. The van der Waals surface area contributed by atoms with Crippen molar-refractivity contribution in [3.63, 3.8) is 0 Å². The van der Waals surface area contributed by atoms with E-state index in [1.54, 1.807) is 0 Å². The molecule has 3 heteroatoms. The molecule has 0 aliphatic rings. The summed E-state index contributed by atoms with van der Waals surface area (Å²) in [6.07, 6.45) is 2.09. The number of amides is 1. The fourth-order valence-corrected chi connectivity index (χ4v) is 2.51. The van der Waals surface area contributed by atoms with Gasteiger partial charge in [0.25, 0.3) is 5.91 Å². The minimum Gasteiger partial charge on any atom is -0.379 e. The largest absolute Gasteiger partial charge is 0.379 e. The predicted molar refractivity (Wildman–Crippen MR) is 100 cm³/mol. The summed E-state index contributed by atoms with van der Waals surface area (Å²) in [5, 5.41) is 0. The van der Waals surface area contributed by atoms with Crippen molar-refractivity contribution in [1.82, 2.24) is 5.48 Å². The molecule has 0 saturated heterocycles. The summed E-state index contributed by atoms with van der Waals surface area (Å²) in [5.41, 5.74) is 7.09. The summed E-state index contributed by atoms with van der Waals surface area (Å²) >= 11 is 0. The van der Waals surface area contributed by atoms with Crippen molar-refractivity contribution in [3.05, 3.63) is 103 Å². The minimum absolute atomic E-state index is 0.377. The van der Waals surface area contributed by atoms with E-state index >= 15 is 0 Å². The van der Waals surface area contributed by atoms with Crippen LogP contribution >= 0.6 is 0 Å². The SMILES string of the molecule is C=CC(=O)NOc1ccc(-c2ccc(Cc3ccccc3)cc2)cc1. The molecule has 0 unspecified atom stereocenters. The molecule has 0 bridgehead atoms. The van der Waals surface area contributed by atoms with Crippen LogP contribution in [-0.2, 0) is 11.2 Å². The average Bonchev–Trinajstić information content (AvgIpc) is 2.68. The Morgan fingerprint density at radius 2 is 1.40 bits per heavy atom. The zero-order valence-corrected chi connectivity index (χ0v) is 13.8. The zero-order chi connectivity index (χ0) is 17.5. The molecule has 0 atom stereocenters. The molecule has 0 aromatic heterocycles. The predicted octanol–water partition coefficient (Wildman–Crippen LogP) is 4.54. The van der Waals surface area contributed by atoms with Crippen LogP contribution in [0.5, 0.6) is 5.75 Å². The number of rotatable bonds is 6. The van der Waals surface area contributed by atoms with Gasteiger partial charge in [-0.2, -0.15) is 5.48 Å². The summed E-state index contributed by atoms with van der Waals surface area (Å²) < 4.78 is 0. The van der Waals surface area contributed by atoms with E-state index in [2.05, 4.69) is 60.6 Å². The molecule has 124 valence electrons. The molecule has 1 N–H and O–H groups in total. The molecule has 0 heterocycles. The van der Waals surface area contributed by atoms with Gasteiger partial charge in [-0.05, 0) is 46.9 Å².